The summed E-state index contributed by atoms with van der Waals surface area (Å²) < 4.78 is 24.8. The SMILES string of the molecule is COc1ncc(-c2cc(O)c3c(F)ccn3n2)c(OC)n1. The van der Waals surface area contributed by atoms with Crippen molar-refractivity contribution in [2.75, 3.05) is 14.2 Å². The molecule has 3 aromatic heterocycles. The molecule has 1 N–H and O–H groups in total. The summed E-state index contributed by atoms with van der Waals surface area (Å²) in [5.41, 5.74) is 0.798. The van der Waals surface area contributed by atoms with E-state index >= 15 is 0 Å². The Kier molecular flexibility index (Phi) is 3.05. The van der Waals surface area contributed by atoms with Crippen molar-refractivity contribution in [2.45, 2.75) is 0 Å². The Balaban J connectivity index is 2.20. The fourth-order valence-electron chi connectivity index (χ4n) is 1.98. The van der Waals surface area contributed by atoms with Gasteiger partial charge in [0.05, 0.1) is 19.8 Å². The maximum Gasteiger partial charge on any atom is 0.319 e. The quantitative estimate of drug-likeness (QED) is 0.790. The van der Waals surface area contributed by atoms with Gasteiger partial charge in [-0.25, -0.2) is 13.9 Å². The van der Waals surface area contributed by atoms with Gasteiger partial charge in [0.2, 0.25) is 5.88 Å². The number of nitrogens with zero attached hydrogens (tertiary/aromatic N) is 4. The Morgan fingerprint density at radius 2 is 2.10 bits per heavy atom. The molecule has 8 heteroatoms. The summed E-state index contributed by atoms with van der Waals surface area (Å²) >= 11 is 0. The Morgan fingerprint density at radius 1 is 1.29 bits per heavy atom. The number of fused-ring (bicyclic) bond motifs is 1. The van der Waals surface area contributed by atoms with E-state index in [4.69, 9.17) is 9.47 Å². The summed E-state index contributed by atoms with van der Waals surface area (Å²) in [7, 11) is 2.88. The molecule has 0 aliphatic rings. The monoisotopic (exact) mass is 290 g/mol. The normalized spacial score (nSPS) is 10.8. The van der Waals surface area contributed by atoms with Crippen LogP contribution in [0.2, 0.25) is 0 Å². The first-order valence-corrected chi connectivity index (χ1v) is 5.96. The minimum atomic E-state index is -0.551. The van der Waals surface area contributed by atoms with Gasteiger partial charge in [-0.05, 0) is 6.07 Å². The summed E-state index contributed by atoms with van der Waals surface area (Å²) in [6.07, 6.45) is 2.86. The number of methoxy groups -OCH3 is 2. The molecule has 0 saturated heterocycles. The predicted octanol–water partition coefficient (Wildman–Crippen LogP) is 1.65. The lowest BCUT2D eigenvalue weighted by Gasteiger charge is -2.08. The Bertz CT molecular complexity index is 819. The third-order valence-electron chi connectivity index (χ3n) is 2.93. The van der Waals surface area contributed by atoms with Crippen molar-refractivity contribution in [3.05, 3.63) is 30.3 Å². The predicted molar refractivity (Wildman–Crippen MR) is 70.9 cm³/mol. The molecule has 0 amide bonds. The Hall–Kier alpha value is -2.90. The first kappa shape index (κ1) is 13.1. The third kappa shape index (κ3) is 2.10. The van der Waals surface area contributed by atoms with Crippen LogP contribution in [0.1, 0.15) is 0 Å². The van der Waals surface area contributed by atoms with Gasteiger partial charge in [0.25, 0.3) is 0 Å². The highest BCUT2D eigenvalue weighted by Crippen LogP contribution is 2.31. The van der Waals surface area contributed by atoms with Gasteiger partial charge in [-0.3, -0.25) is 0 Å². The molecule has 0 aromatic carbocycles. The van der Waals surface area contributed by atoms with Gasteiger partial charge in [-0.15, -0.1) is 0 Å². The smallest absolute Gasteiger partial charge is 0.319 e. The van der Waals surface area contributed by atoms with Crippen LogP contribution in [0.25, 0.3) is 16.8 Å². The molecule has 0 saturated carbocycles. The lowest BCUT2D eigenvalue weighted by molar-refractivity contribution is 0.353. The van der Waals surface area contributed by atoms with E-state index in [1.807, 2.05) is 0 Å². The van der Waals surface area contributed by atoms with E-state index in [9.17, 15) is 9.50 Å². The minimum absolute atomic E-state index is 0.00662. The summed E-state index contributed by atoms with van der Waals surface area (Å²) in [5.74, 6) is -0.550. The van der Waals surface area contributed by atoms with Gasteiger partial charge >= 0.3 is 6.01 Å². The summed E-state index contributed by atoms with van der Waals surface area (Å²) in [6.45, 7) is 0. The molecule has 7 nitrogen and oxygen atoms in total. The molecule has 21 heavy (non-hydrogen) atoms. The van der Waals surface area contributed by atoms with Gasteiger partial charge in [0.1, 0.15) is 17.0 Å². The van der Waals surface area contributed by atoms with Crippen LogP contribution < -0.4 is 9.47 Å². The standard InChI is InChI=1S/C13H11FN4O3/c1-20-12-7(6-15-13(16-12)21-2)9-5-10(19)11-8(14)3-4-18(11)17-9/h3-6,19H,1-2H3. The van der Waals surface area contributed by atoms with Crippen LogP contribution in [0.5, 0.6) is 17.6 Å². The van der Waals surface area contributed by atoms with Crippen molar-refractivity contribution >= 4 is 5.52 Å². The van der Waals surface area contributed by atoms with E-state index in [0.29, 0.717) is 11.3 Å². The number of halogens is 1. The van der Waals surface area contributed by atoms with E-state index in [-0.39, 0.29) is 23.2 Å². The number of hydrogen-bond donors (Lipinski definition) is 1. The molecule has 0 spiro atoms. The lowest BCUT2D eigenvalue weighted by Crippen LogP contribution is -2.00. The number of aromatic hydroxyl groups is 1. The molecule has 0 fully saturated rings. The first-order chi connectivity index (χ1) is 10.1. The molecule has 3 aromatic rings. The van der Waals surface area contributed by atoms with Crippen molar-refractivity contribution in [1.29, 1.82) is 0 Å². The van der Waals surface area contributed by atoms with Crippen LogP contribution in [-0.4, -0.2) is 38.9 Å². The molecule has 0 aliphatic heterocycles. The zero-order valence-electron chi connectivity index (χ0n) is 11.2. The summed E-state index contributed by atoms with van der Waals surface area (Å²) in [4.78, 5) is 8.02. The second-order valence-corrected chi connectivity index (χ2v) is 4.15. The molecule has 0 bridgehead atoms. The van der Waals surface area contributed by atoms with Crippen molar-refractivity contribution in [1.82, 2.24) is 19.6 Å². The van der Waals surface area contributed by atoms with Crippen LogP contribution in [0.4, 0.5) is 4.39 Å². The third-order valence-corrected chi connectivity index (χ3v) is 2.93. The average Bonchev–Trinajstić information content (AvgIpc) is 2.88. The van der Waals surface area contributed by atoms with Gasteiger partial charge in [0.15, 0.2) is 5.82 Å². The maximum atomic E-state index is 13.5. The van der Waals surface area contributed by atoms with Crippen molar-refractivity contribution in [3.63, 3.8) is 0 Å². The minimum Gasteiger partial charge on any atom is -0.505 e. The van der Waals surface area contributed by atoms with Crippen molar-refractivity contribution in [3.8, 4) is 28.9 Å². The molecular formula is C13H11FN4O3. The van der Waals surface area contributed by atoms with Gasteiger partial charge in [-0.1, -0.05) is 0 Å². The van der Waals surface area contributed by atoms with Crippen molar-refractivity contribution < 1.29 is 19.0 Å². The van der Waals surface area contributed by atoms with Gasteiger partial charge in [0, 0.05) is 18.5 Å². The van der Waals surface area contributed by atoms with E-state index < -0.39 is 5.82 Å². The maximum absolute atomic E-state index is 13.5. The molecule has 3 heterocycles. The highest BCUT2D eigenvalue weighted by molar-refractivity contribution is 5.70. The molecule has 0 radical (unpaired) electrons. The van der Waals surface area contributed by atoms with Crippen LogP contribution in [0.3, 0.4) is 0 Å². The second kappa shape index (κ2) is 4.89. The summed E-state index contributed by atoms with van der Waals surface area (Å²) in [6, 6.07) is 2.69. The fourth-order valence-corrected chi connectivity index (χ4v) is 1.98. The van der Waals surface area contributed by atoms with E-state index in [2.05, 4.69) is 15.1 Å². The number of rotatable bonds is 3. The van der Waals surface area contributed by atoms with E-state index in [1.165, 1.54) is 43.3 Å². The zero-order chi connectivity index (χ0) is 15.0. The molecule has 0 unspecified atom stereocenters. The fraction of sp³-hybridized carbons (Fsp3) is 0.154. The second-order valence-electron chi connectivity index (χ2n) is 4.15. The average molecular weight is 290 g/mol. The molecule has 3 rings (SSSR count). The van der Waals surface area contributed by atoms with Crippen LogP contribution in [0.15, 0.2) is 24.5 Å². The highest BCUT2D eigenvalue weighted by atomic mass is 19.1. The van der Waals surface area contributed by atoms with Gasteiger partial charge < -0.3 is 14.6 Å². The highest BCUT2D eigenvalue weighted by Gasteiger charge is 2.16. The van der Waals surface area contributed by atoms with Crippen LogP contribution >= 0.6 is 0 Å². The zero-order valence-corrected chi connectivity index (χ0v) is 11.2. The number of hydrogen-bond acceptors (Lipinski definition) is 6. The number of ether oxygens (including phenoxy) is 2. The van der Waals surface area contributed by atoms with Crippen LogP contribution in [-0.2, 0) is 0 Å². The van der Waals surface area contributed by atoms with Gasteiger partial charge in [-0.2, -0.15) is 10.1 Å². The molecule has 108 valence electrons. The van der Waals surface area contributed by atoms with Crippen molar-refractivity contribution in [2.24, 2.45) is 0 Å². The summed E-state index contributed by atoms with van der Waals surface area (Å²) in [5, 5.41) is 14.1. The van der Waals surface area contributed by atoms with E-state index in [0.717, 1.165) is 0 Å². The molecule has 0 aliphatic carbocycles. The number of aromatic nitrogens is 4. The molecular weight excluding hydrogens is 279 g/mol. The Labute approximate surface area is 118 Å². The van der Waals surface area contributed by atoms with Crippen LogP contribution in [0, 0.1) is 5.82 Å². The first-order valence-electron chi connectivity index (χ1n) is 5.96. The lowest BCUT2D eigenvalue weighted by atomic mass is 10.2. The Morgan fingerprint density at radius 3 is 2.81 bits per heavy atom. The molecule has 0 atom stereocenters. The largest absolute Gasteiger partial charge is 0.505 e. The topological polar surface area (TPSA) is 81.8 Å². The van der Waals surface area contributed by atoms with E-state index in [1.54, 1.807) is 0 Å².